The van der Waals surface area contributed by atoms with E-state index in [-0.39, 0.29) is 11.2 Å². The molecule has 0 saturated carbocycles. The van der Waals surface area contributed by atoms with Gasteiger partial charge in [0.2, 0.25) is 0 Å². The summed E-state index contributed by atoms with van der Waals surface area (Å²) in [5, 5.41) is -0.0791. The van der Waals surface area contributed by atoms with Crippen molar-refractivity contribution in [3.63, 3.8) is 0 Å². The van der Waals surface area contributed by atoms with Gasteiger partial charge < -0.3 is 4.74 Å². The van der Waals surface area contributed by atoms with Crippen LogP contribution in [0.5, 0.6) is 0 Å². The molecule has 3 heteroatoms. The Bertz CT molecular complexity index is 553. The minimum Gasteiger partial charge on any atom is -0.465 e. The number of carbonyl (C=O) groups is 1. The fourth-order valence-electron chi connectivity index (χ4n) is 2.41. The molecule has 1 unspecified atom stereocenters. The largest absolute Gasteiger partial charge is 0.465 e. The number of allylic oxidation sites excluding steroid dienone is 12. The highest BCUT2D eigenvalue weighted by atomic mass is 32.2. The molecule has 162 valence electrons. The molecule has 0 heterocycles. The lowest BCUT2D eigenvalue weighted by atomic mass is 10.2. The fraction of sp³-hybridized carbons (Fsp3) is 0.500. The maximum Gasteiger partial charge on any atom is 0.319 e. The summed E-state index contributed by atoms with van der Waals surface area (Å²) in [7, 11) is 0. The zero-order chi connectivity index (χ0) is 21.4. The summed E-state index contributed by atoms with van der Waals surface area (Å²) >= 11 is 1.65. The first-order chi connectivity index (χ1) is 14.3. The van der Waals surface area contributed by atoms with E-state index in [0.717, 1.165) is 50.7 Å². The van der Waals surface area contributed by atoms with Crippen LogP contribution in [0.25, 0.3) is 0 Å². The molecule has 0 radical (unpaired) electrons. The van der Waals surface area contributed by atoms with Gasteiger partial charge >= 0.3 is 5.97 Å². The number of hydrogen-bond donors (Lipinski definition) is 0. The minimum absolute atomic E-state index is 0.0791. The van der Waals surface area contributed by atoms with Crippen LogP contribution in [-0.2, 0) is 9.53 Å². The van der Waals surface area contributed by atoms with Gasteiger partial charge in [0, 0.05) is 0 Å². The van der Waals surface area contributed by atoms with Crippen molar-refractivity contribution in [2.24, 2.45) is 0 Å². The molecule has 0 aromatic rings. The van der Waals surface area contributed by atoms with Crippen LogP contribution < -0.4 is 0 Å². The molecule has 0 aromatic carbocycles. The second-order valence-corrected chi connectivity index (χ2v) is 7.83. The topological polar surface area (TPSA) is 26.3 Å². The van der Waals surface area contributed by atoms with E-state index in [9.17, 15) is 4.79 Å². The van der Waals surface area contributed by atoms with E-state index in [1.807, 2.05) is 6.92 Å². The van der Waals surface area contributed by atoms with Crippen LogP contribution in [0.15, 0.2) is 72.9 Å². The van der Waals surface area contributed by atoms with Gasteiger partial charge in [-0.05, 0) is 57.6 Å². The number of thioether (sulfide) groups is 1. The average Bonchev–Trinajstić information content (AvgIpc) is 2.72. The standard InChI is InChI=1S/C26H40O2S/c1-4-7-8-9-10-11-12-13-14-15-16-17-18-19-20-21-22-23-24-25(29-6-3)26(27)28-5-2/h7-8,10-11,13-14,16-17,19-20,22-23,25H,4-6,9,12,15,18,21,24H2,1-3H3. The van der Waals surface area contributed by atoms with Crippen LogP contribution in [0.3, 0.4) is 0 Å². The molecule has 0 aromatic heterocycles. The molecule has 1 atom stereocenters. The van der Waals surface area contributed by atoms with Crippen LogP contribution in [0.2, 0.25) is 0 Å². The van der Waals surface area contributed by atoms with Crippen LogP contribution in [-0.4, -0.2) is 23.6 Å². The van der Waals surface area contributed by atoms with Crippen LogP contribution in [0.1, 0.15) is 65.7 Å². The minimum atomic E-state index is -0.0983. The summed E-state index contributed by atoms with van der Waals surface area (Å²) in [5.41, 5.74) is 0. The van der Waals surface area contributed by atoms with Gasteiger partial charge in [-0.25, -0.2) is 0 Å². The van der Waals surface area contributed by atoms with E-state index in [4.69, 9.17) is 4.74 Å². The van der Waals surface area contributed by atoms with E-state index >= 15 is 0 Å². The first-order valence-corrected chi connectivity index (χ1v) is 12.0. The molecule has 0 fully saturated rings. The highest BCUT2D eigenvalue weighted by Gasteiger charge is 2.17. The molecule has 0 bridgehead atoms. The Balaban J connectivity index is 3.81. The summed E-state index contributed by atoms with van der Waals surface area (Å²) in [6.07, 6.45) is 33.0. The quantitative estimate of drug-likeness (QED) is 0.179. The Morgan fingerprint density at radius 3 is 1.48 bits per heavy atom. The smallest absolute Gasteiger partial charge is 0.319 e. The molecule has 0 aliphatic carbocycles. The normalized spacial score (nSPS) is 13.9. The van der Waals surface area contributed by atoms with E-state index < -0.39 is 0 Å². The van der Waals surface area contributed by atoms with E-state index in [2.05, 4.69) is 86.8 Å². The zero-order valence-corrected chi connectivity index (χ0v) is 19.4. The molecule has 0 aliphatic rings. The molecular weight excluding hydrogens is 376 g/mol. The molecule has 0 N–H and O–H groups in total. The number of rotatable bonds is 17. The Labute approximate surface area is 183 Å². The second-order valence-electron chi connectivity index (χ2n) is 6.35. The molecular formula is C26H40O2S. The van der Waals surface area contributed by atoms with Gasteiger partial charge in [-0.2, -0.15) is 0 Å². The highest BCUT2D eigenvalue weighted by Crippen LogP contribution is 2.16. The van der Waals surface area contributed by atoms with Crippen molar-refractivity contribution in [3.05, 3.63) is 72.9 Å². The van der Waals surface area contributed by atoms with Gasteiger partial charge in [0.25, 0.3) is 0 Å². The van der Waals surface area contributed by atoms with Crippen LogP contribution in [0.4, 0.5) is 0 Å². The predicted molar refractivity (Wildman–Crippen MR) is 131 cm³/mol. The van der Waals surface area contributed by atoms with Gasteiger partial charge in [-0.1, -0.05) is 86.8 Å². The first-order valence-electron chi connectivity index (χ1n) is 10.9. The SMILES string of the molecule is CCC=CCC=CCC=CCC=CCC=CCC=CCC(SCC)C(=O)OCC. The third-order valence-corrected chi connectivity index (χ3v) is 4.98. The van der Waals surface area contributed by atoms with Gasteiger partial charge in [-0.3, -0.25) is 4.79 Å². The van der Waals surface area contributed by atoms with Crippen LogP contribution >= 0.6 is 11.8 Å². The molecule has 0 spiro atoms. The molecule has 2 nitrogen and oxygen atoms in total. The lowest BCUT2D eigenvalue weighted by Gasteiger charge is -2.11. The molecule has 0 saturated heterocycles. The summed E-state index contributed by atoms with van der Waals surface area (Å²) in [6, 6.07) is 0. The van der Waals surface area contributed by atoms with E-state index in [1.165, 1.54) is 0 Å². The van der Waals surface area contributed by atoms with Gasteiger partial charge in [0.05, 0.1) is 6.61 Å². The molecule has 0 amide bonds. The predicted octanol–water partition coefficient (Wildman–Crippen LogP) is 7.76. The van der Waals surface area contributed by atoms with Gasteiger partial charge in [0.15, 0.2) is 0 Å². The van der Waals surface area contributed by atoms with Crippen molar-refractivity contribution >= 4 is 17.7 Å². The van der Waals surface area contributed by atoms with Crippen molar-refractivity contribution in [1.82, 2.24) is 0 Å². The maximum absolute atomic E-state index is 11.8. The lowest BCUT2D eigenvalue weighted by Crippen LogP contribution is -2.19. The Morgan fingerprint density at radius 1 is 0.690 bits per heavy atom. The molecule has 0 rings (SSSR count). The van der Waals surface area contributed by atoms with Crippen molar-refractivity contribution < 1.29 is 9.53 Å². The van der Waals surface area contributed by atoms with Gasteiger partial charge in [0.1, 0.15) is 5.25 Å². The monoisotopic (exact) mass is 416 g/mol. The Kier molecular flexibility index (Phi) is 21.2. The summed E-state index contributed by atoms with van der Waals surface area (Å²) in [5.74, 6) is 0.824. The number of hydrogen-bond acceptors (Lipinski definition) is 3. The highest BCUT2D eigenvalue weighted by molar-refractivity contribution is 8.00. The second kappa shape index (κ2) is 22.5. The fourth-order valence-corrected chi connectivity index (χ4v) is 3.26. The zero-order valence-electron chi connectivity index (χ0n) is 18.6. The summed E-state index contributed by atoms with van der Waals surface area (Å²) in [4.78, 5) is 11.8. The van der Waals surface area contributed by atoms with Crippen LogP contribution in [0, 0.1) is 0 Å². The van der Waals surface area contributed by atoms with Crippen molar-refractivity contribution in [2.45, 2.75) is 71.0 Å². The molecule has 0 aliphatic heterocycles. The number of esters is 1. The van der Waals surface area contributed by atoms with Crippen molar-refractivity contribution in [3.8, 4) is 0 Å². The summed E-state index contributed by atoms with van der Waals surface area (Å²) < 4.78 is 5.12. The first kappa shape index (κ1) is 27.3. The lowest BCUT2D eigenvalue weighted by molar-refractivity contribution is -0.142. The molecule has 29 heavy (non-hydrogen) atoms. The van der Waals surface area contributed by atoms with E-state index in [0.29, 0.717) is 6.61 Å². The Hall–Kier alpha value is -1.74. The van der Waals surface area contributed by atoms with Crippen molar-refractivity contribution in [2.75, 3.05) is 12.4 Å². The number of carbonyl (C=O) groups excluding carboxylic acids is 1. The van der Waals surface area contributed by atoms with Gasteiger partial charge in [-0.15, -0.1) is 11.8 Å². The third-order valence-electron chi connectivity index (χ3n) is 3.86. The maximum atomic E-state index is 11.8. The van der Waals surface area contributed by atoms with E-state index in [1.54, 1.807) is 11.8 Å². The summed E-state index contributed by atoms with van der Waals surface area (Å²) in [6.45, 7) is 6.52. The average molecular weight is 417 g/mol. The number of ether oxygens (including phenoxy) is 1. The van der Waals surface area contributed by atoms with Crippen molar-refractivity contribution in [1.29, 1.82) is 0 Å². The third kappa shape index (κ3) is 19.4. The Morgan fingerprint density at radius 2 is 1.10 bits per heavy atom.